The minimum Gasteiger partial charge on any atom is -0.380 e. The van der Waals surface area contributed by atoms with Crippen molar-refractivity contribution in [2.24, 2.45) is 5.92 Å². The van der Waals surface area contributed by atoms with Gasteiger partial charge in [0.05, 0.1) is 6.61 Å². The zero-order valence-electron chi connectivity index (χ0n) is 12.0. The lowest BCUT2D eigenvalue weighted by Gasteiger charge is -2.30. The number of amides is 1. The number of ether oxygens (including phenoxy) is 1. The van der Waals surface area contributed by atoms with Crippen molar-refractivity contribution in [3.8, 4) is 0 Å². The lowest BCUT2D eigenvalue weighted by Crippen LogP contribution is -2.48. The molecule has 5 heteroatoms. The number of piperidine rings is 1. The fourth-order valence-corrected chi connectivity index (χ4v) is 2.40. The molecule has 1 saturated heterocycles. The van der Waals surface area contributed by atoms with Crippen LogP contribution in [0.3, 0.4) is 0 Å². The molecule has 1 heterocycles. The van der Waals surface area contributed by atoms with Crippen LogP contribution in [-0.2, 0) is 11.3 Å². The van der Waals surface area contributed by atoms with Gasteiger partial charge in [-0.2, -0.15) is 0 Å². The van der Waals surface area contributed by atoms with Crippen LogP contribution in [-0.4, -0.2) is 32.1 Å². The fraction of sp³-hybridized carbons (Fsp3) is 0.533. The molecule has 1 aliphatic rings. The molecule has 1 aromatic rings. The molecule has 0 spiro atoms. The molecule has 20 heavy (non-hydrogen) atoms. The molecule has 2 N–H and O–H groups in total. The van der Waals surface area contributed by atoms with Crippen LogP contribution in [0, 0.1) is 5.92 Å². The molecule has 2 unspecified atom stereocenters. The van der Waals surface area contributed by atoms with Crippen molar-refractivity contribution in [1.82, 2.24) is 10.6 Å². The Morgan fingerprint density at radius 3 is 2.70 bits per heavy atom. The van der Waals surface area contributed by atoms with Crippen LogP contribution in [0.25, 0.3) is 0 Å². The van der Waals surface area contributed by atoms with Gasteiger partial charge in [-0.3, -0.25) is 4.79 Å². The van der Waals surface area contributed by atoms with Crippen LogP contribution in [0.2, 0.25) is 0 Å². The summed E-state index contributed by atoms with van der Waals surface area (Å²) in [5, 5.41) is 6.46. The largest absolute Gasteiger partial charge is 0.380 e. The van der Waals surface area contributed by atoms with E-state index in [0.717, 1.165) is 25.1 Å². The number of carbonyl (C=O) groups is 1. The van der Waals surface area contributed by atoms with E-state index in [1.54, 1.807) is 7.11 Å². The number of halogens is 1. The summed E-state index contributed by atoms with van der Waals surface area (Å²) in [4.78, 5) is 12.2. The van der Waals surface area contributed by atoms with Gasteiger partial charge in [0.1, 0.15) is 0 Å². The number of hydrogen-bond donors (Lipinski definition) is 2. The highest BCUT2D eigenvalue weighted by atomic mass is 35.5. The van der Waals surface area contributed by atoms with Gasteiger partial charge in [-0.15, -0.1) is 12.4 Å². The molecule has 1 amide bonds. The average Bonchev–Trinajstić information content (AvgIpc) is 2.42. The number of benzene rings is 1. The van der Waals surface area contributed by atoms with Gasteiger partial charge in [0.15, 0.2) is 0 Å². The van der Waals surface area contributed by atoms with E-state index in [0.29, 0.717) is 18.1 Å². The smallest absolute Gasteiger partial charge is 0.251 e. The molecule has 112 valence electrons. The van der Waals surface area contributed by atoms with E-state index < -0.39 is 0 Å². The van der Waals surface area contributed by atoms with Crippen LogP contribution in [0.4, 0.5) is 0 Å². The Morgan fingerprint density at radius 1 is 1.40 bits per heavy atom. The summed E-state index contributed by atoms with van der Waals surface area (Å²) >= 11 is 0. The third-order valence-corrected chi connectivity index (χ3v) is 3.63. The topological polar surface area (TPSA) is 50.4 Å². The zero-order chi connectivity index (χ0) is 13.7. The second-order valence-corrected chi connectivity index (χ2v) is 5.18. The number of hydrogen-bond acceptors (Lipinski definition) is 3. The van der Waals surface area contributed by atoms with Gasteiger partial charge >= 0.3 is 0 Å². The van der Waals surface area contributed by atoms with Gasteiger partial charge in [-0.05, 0) is 43.1 Å². The molecule has 1 fully saturated rings. The van der Waals surface area contributed by atoms with E-state index in [4.69, 9.17) is 4.74 Å². The maximum absolute atomic E-state index is 12.2. The quantitative estimate of drug-likeness (QED) is 0.894. The molecule has 0 radical (unpaired) electrons. The molecular formula is C15H23ClN2O2. The highest BCUT2D eigenvalue weighted by Gasteiger charge is 2.22. The summed E-state index contributed by atoms with van der Waals surface area (Å²) in [5.74, 6) is 0.494. The van der Waals surface area contributed by atoms with Crippen LogP contribution < -0.4 is 10.6 Å². The average molecular weight is 299 g/mol. The third-order valence-electron chi connectivity index (χ3n) is 3.63. The molecule has 0 saturated carbocycles. The summed E-state index contributed by atoms with van der Waals surface area (Å²) in [7, 11) is 1.67. The van der Waals surface area contributed by atoms with E-state index in [9.17, 15) is 4.79 Å². The Morgan fingerprint density at radius 2 is 2.10 bits per heavy atom. The van der Waals surface area contributed by atoms with Crippen molar-refractivity contribution in [2.75, 3.05) is 20.2 Å². The Bertz CT molecular complexity index is 422. The summed E-state index contributed by atoms with van der Waals surface area (Å²) < 4.78 is 5.06. The van der Waals surface area contributed by atoms with Gasteiger partial charge in [-0.1, -0.05) is 19.1 Å². The van der Waals surface area contributed by atoms with Crippen molar-refractivity contribution >= 4 is 18.3 Å². The monoisotopic (exact) mass is 298 g/mol. The second-order valence-electron chi connectivity index (χ2n) is 5.18. The molecule has 2 atom stereocenters. The molecule has 2 rings (SSSR count). The summed E-state index contributed by atoms with van der Waals surface area (Å²) in [6.07, 6.45) is 0.995. The molecule has 0 bridgehead atoms. The molecule has 1 aliphatic heterocycles. The SMILES string of the molecule is COCc1ccc(C(=O)NC2CCNCC2C)cc1.Cl. The van der Waals surface area contributed by atoms with Crippen LogP contribution >= 0.6 is 12.4 Å². The number of rotatable bonds is 4. The first-order chi connectivity index (χ1) is 9.20. The highest BCUT2D eigenvalue weighted by Crippen LogP contribution is 2.12. The van der Waals surface area contributed by atoms with Crippen LogP contribution in [0.1, 0.15) is 29.3 Å². The minimum atomic E-state index is 0. The van der Waals surface area contributed by atoms with Crippen LogP contribution in [0.15, 0.2) is 24.3 Å². The molecule has 0 aliphatic carbocycles. The molecule has 4 nitrogen and oxygen atoms in total. The lowest BCUT2D eigenvalue weighted by molar-refractivity contribution is 0.0914. The Kier molecular flexibility index (Phi) is 6.99. The summed E-state index contributed by atoms with van der Waals surface area (Å²) in [6, 6.07) is 7.85. The predicted octanol–water partition coefficient (Wildman–Crippen LogP) is 1.98. The van der Waals surface area contributed by atoms with Gasteiger partial charge in [0, 0.05) is 18.7 Å². The predicted molar refractivity (Wildman–Crippen MR) is 82.3 cm³/mol. The molecule has 0 aromatic heterocycles. The maximum Gasteiger partial charge on any atom is 0.251 e. The Balaban J connectivity index is 0.00000200. The zero-order valence-corrected chi connectivity index (χ0v) is 12.8. The first-order valence-corrected chi connectivity index (χ1v) is 6.80. The number of carbonyl (C=O) groups excluding carboxylic acids is 1. The lowest BCUT2D eigenvalue weighted by atomic mass is 9.95. The maximum atomic E-state index is 12.2. The van der Waals surface area contributed by atoms with Crippen molar-refractivity contribution in [3.05, 3.63) is 35.4 Å². The second kappa shape index (κ2) is 8.25. The minimum absolute atomic E-state index is 0. The van der Waals surface area contributed by atoms with Gasteiger partial charge in [0.25, 0.3) is 5.91 Å². The highest BCUT2D eigenvalue weighted by molar-refractivity contribution is 5.94. The molecule has 1 aromatic carbocycles. The number of methoxy groups -OCH3 is 1. The van der Waals surface area contributed by atoms with Crippen LogP contribution in [0.5, 0.6) is 0 Å². The summed E-state index contributed by atoms with van der Waals surface area (Å²) in [6.45, 7) is 4.69. The van der Waals surface area contributed by atoms with Gasteiger partial charge < -0.3 is 15.4 Å². The van der Waals surface area contributed by atoms with Crippen molar-refractivity contribution in [3.63, 3.8) is 0 Å². The van der Waals surface area contributed by atoms with E-state index >= 15 is 0 Å². The molecular weight excluding hydrogens is 276 g/mol. The Hall–Kier alpha value is -1.10. The van der Waals surface area contributed by atoms with Gasteiger partial charge in [-0.25, -0.2) is 0 Å². The van der Waals surface area contributed by atoms with Crippen molar-refractivity contribution in [1.29, 1.82) is 0 Å². The van der Waals surface area contributed by atoms with E-state index in [1.165, 1.54) is 0 Å². The van der Waals surface area contributed by atoms with E-state index in [-0.39, 0.29) is 24.4 Å². The first kappa shape index (κ1) is 17.0. The normalized spacial score (nSPS) is 21.9. The fourth-order valence-electron chi connectivity index (χ4n) is 2.40. The standard InChI is InChI=1S/C15H22N2O2.ClH/c1-11-9-16-8-7-14(11)17-15(18)13-5-3-12(4-6-13)10-19-2;/h3-6,11,14,16H,7-10H2,1-2H3,(H,17,18);1H. The number of nitrogens with one attached hydrogen (secondary N) is 2. The van der Waals surface area contributed by atoms with Crippen molar-refractivity contribution < 1.29 is 9.53 Å². The van der Waals surface area contributed by atoms with E-state index in [2.05, 4.69) is 17.6 Å². The van der Waals surface area contributed by atoms with Gasteiger partial charge in [0.2, 0.25) is 0 Å². The third kappa shape index (κ3) is 4.47. The Labute approximate surface area is 126 Å². The van der Waals surface area contributed by atoms with Crippen molar-refractivity contribution in [2.45, 2.75) is 26.0 Å². The first-order valence-electron chi connectivity index (χ1n) is 6.80. The summed E-state index contributed by atoms with van der Waals surface area (Å²) in [5.41, 5.74) is 1.79. The van der Waals surface area contributed by atoms with E-state index in [1.807, 2.05) is 24.3 Å².